The lowest BCUT2D eigenvalue weighted by Gasteiger charge is -2.13. The van der Waals surface area contributed by atoms with E-state index in [9.17, 15) is 26.3 Å². The largest absolute Gasteiger partial charge is 0.457 e. The van der Waals surface area contributed by atoms with Gasteiger partial charge >= 0.3 is 12.4 Å². The van der Waals surface area contributed by atoms with Gasteiger partial charge in [-0.1, -0.05) is 12.1 Å². The first-order chi connectivity index (χ1) is 15.9. The van der Waals surface area contributed by atoms with Gasteiger partial charge in [-0.25, -0.2) is 0 Å². The van der Waals surface area contributed by atoms with Gasteiger partial charge in [0.05, 0.1) is 11.1 Å². The quantitative estimate of drug-likeness (QED) is 0.234. The van der Waals surface area contributed by atoms with Gasteiger partial charge in [-0.3, -0.25) is 0 Å². The molecular weight excluding hydrogens is 462 g/mol. The molecule has 176 valence electrons. The summed E-state index contributed by atoms with van der Waals surface area (Å²) in [5.74, 6) is 0.260. The van der Waals surface area contributed by atoms with Gasteiger partial charge in [0.2, 0.25) is 0 Å². The van der Waals surface area contributed by atoms with Crippen molar-refractivity contribution in [2.75, 3.05) is 11.5 Å². The minimum absolute atomic E-state index is 0.0986. The molecule has 34 heavy (non-hydrogen) atoms. The summed E-state index contributed by atoms with van der Waals surface area (Å²) in [4.78, 5) is 0. The fourth-order valence-corrected chi connectivity index (χ4v) is 3.29. The van der Waals surface area contributed by atoms with Crippen LogP contribution in [0.15, 0.2) is 72.8 Å². The molecule has 4 aromatic carbocycles. The van der Waals surface area contributed by atoms with Gasteiger partial charge in [-0.15, -0.1) is 0 Å². The highest BCUT2D eigenvalue weighted by atomic mass is 19.4. The van der Waals surface area contributed by atoms with E-state index in [4.69, 9.17) is 20.9 Å². The van der Waals surface area contributed by atoms with Gasteiger partial charge in [-0.2, -0.15) is 26.3 Å². The first-order valence-electron chi connectivity index (χ1n) is 9.72. The van der Waals surface area contributed by atoms with Crippen molar-refractivity contribution in [2.45, 2.75) is 12.4 Å². The smallest absolute Gasteiger partial charge is 0.416 e. The number of benzene rings is 4. The highest BCUT2D eigenvalue weighted by molar-refractivity contribution is 5.85. The second-order valence-corrected chi connectivity index (χ2v) is 7.45. The second kappa shape index (κ2) is 8.36. The maximum absolute atomic E-state index is 13.0. The summed E-state index contributed by atoms with van der Waals surface area (Å²) in [6, 6.07) is 15.4. The molecule has 0 spiro atoms. The molecule has 0 heterocycles. The SMILES string of the molecule is Nc1cc(Oc2ccc3ccc(Oc4cc(N)cc(C(F)(F)F)c4)cc3c2)cc(C(F)(F)F)c1. The lowest BCUT2D eigenvalue weighted by molar-refractivity contribution is -0.138. The van der Waals surface area contributed by atoms with Crippen LogP contribution in [0.25, 0.3) is 10.8 Å². The molecule has 0 unspecified atom stereocenters. The summed E-state index contributed by atoms with van der Waals surface area (Å²) in [6.07, 6.45) is -9.17. The van der Waals surface area contributed by atoms with Crippen LogP contribution in [0.5, 0.6) is 23.0 Å². The molecule has 4 nitrogen and oxygen atoms in total. The zero-order chi connectivity index (χ0) is 24.7. The second-order valence-electron chi connectivity index (χ2n) is 7.45. The van der Waals surface area contributed by atoms with Crippen LogP contribution >= 0.6 is 0 Å². The fourth-order valence-electron chi connectivity index (χ4n) is 3.29. The van der Waals surface area contributed by atoms with Gasteiger partial charge < -0.3 is 20.9 Å². The van der Waals surface area contributed by atoms with E-state index in [0.717, 1.165) is 29.7 Å². The van der Waals surface area contributed by atoms with Gasteiger partial charge in [-0.05, 0) is 59.3 Å². The number of hydrogen-bond donors (Lipinski definition) is 2. The molecule has 0 aliphatic rings. The molecule has 4 rings (SSSR count). The van der Waals surface area contributed by atoms with Crippen molar-refractivity contribution in [1.29, 1.82) is 0 Å². The van der Waals surface area contributed by atoms with Crippen LogP contribution in [0.2, 0.25) is 0 Å². The molecule has 0 saturated heterocycles. The van der Waals surface area contributed by atoms with E-state index in [-0.39, 0.29) is 34.4 Å². The average molecular weight is 478 g/mol. The molecule has 0 amide bonds. The molecule has 0 aliphatic heterocycles. The molecule has 10 heteroatoms. The lowest BCUT2D eigenvalue weighted by atomic mass is 10.1. The highest BCUT2D eigenvalue weighted by Gasteiger charge is 2.32. The van der Waals surface area contributed by atoms with E-state index in [1.54, 1.807) is 36.4 Å². The summed E-state index contributed by atoms with van der Waals surface area (Å²) in [6.45, 7) is 0. The van der Waals surface area contributed by atoms with E-state index in [0.29, 0.717) is 5.39 Å². The Kier molecular flexibility index (Phi) is 5.68. The number of nitrogen functional groups attached to an aromatic ring is 2. The van der Waals surface area contributed by atoms with Crippen molar-refractivity contribution >= 4 is 22.1 Å². The third kappa shape index (κ3) is 5.28. The number of anilines is 2. The van der Waals surface area contributed by atoms with Crippen molar-refractivity contribution in [3.05, 3.63) is 83.9 Å². The molecule has 0 fully saturated rings. The molecule has 0 bridgehead atoms. The van der Waals surface area contributed by atoms with Crippen LogP contribution in [0.4, 0.5) is 37.7 Å². The van der Waals surface area contributed by atoms with Gasteiger partial charge in [0.25, 0.3) is 0 Å². The standard InChI is InChI=1S/C24H16F6N2O2/c25-23(26,27)15-7-17(31)11-21(9-15)33-19-3-1-13-2-4-20(6-14(13)5-19)34-22-10-16(24(28,29)30)8-18(32)12-22/h1-12H,31-32H2. The summed E-state index contributed by atoms with van der Waals surface area (Å²) in [7, 11) is 0. The molecule has 0 aliphatic carbocycles. The number of fused-ring (bicyclic) bond motifs is 1. The molecule has 4 N–H and O–H groups in total. The zero-order valence-electron chi connectivity index (χ0n) is 17.2. The number of rotatable bonds is 4. The maximum atomic E-state index is 13.0. The average Bonchev–Trinajstić information content (AvgIpc) is 2.71. The fraction of sp³-hybridized carbons (Fsp3) is 0.0833. The number of nitrogens with two attached hydrogens (primary N) is 2. The maximum Gasteiger partial charge on any atom is 0.416 e. The summed E-state index contributed by atoms with van der Waals surface area (Å²) >= 11 is 0. The molecule has 0 radical (unpaired) electrons. The van der Waals surface area contributed by atoms with E-state index in [1.165, 1.54) is 12.1 Å². The third-order valence-corrected chi connectivity index (χ3v) is 4.77. The molecule has 0 atom stereocenters. The Morgan fingerprint density at radius 2 is 0.882 bits per heavy atom. The van der Waals surface area contributed by atoms with Crippen molar-refractivity contribution in [3.63, 3.8) is 0 Å². The van der Waals surface area contributed by atoms with Gasteiger partial charge in [0.1, 0.15) is 23.0 Å². The van der Waals surface area contributed by atoms with Crippen LogP contribution in [-0.4, -0.2) is 0 Å². The van der Waals surface area contributed by atoms with Crippen LogP contribution in [-0.2, 0) is 12.4 Å². The first-order valence-corrected chi connectivity index (χ1v) is 9.72. The Hall–Kier alpha value is -4.08. The van der Waals surface area contributed by atoms with Crippen LogP contribution in [0.1, 0.15) is 11.1 Å². The van der Waals surface area contributed by atoms with Crippen LogP contribution in [0.3, 0.4) is 0 Å². The topological polar surface area (TPSA) is 70.5 Å². The van der Waals surface area contributed by atoms with Gasteiger partial charge in [0.15, 0.2) is 0 Å². The van der Waals surface area contributed by atoms with Crippen molar-refractivity contribution in [1.82, 2.24) is 0 Å². The minimum Gasteiger partial charge on any atom is -0.457 e. The first kappa shape index (κ1) is 23.1. The monoisotopic (exact) mass is 478 g/mol. The Bertz CT molecular complexity index is 1270. The Morgan fingerprint density at radius 1 is 0.471 bits per heavy atom. The van der Waals surface area contributed by atoms with Crippen LogP contribution in [0, 0.1) is 0 Å². The Labute approximate surface area is 189 Å². The molecular formula is C24H16F6N2O2. The van der Waals surface area contributed by atoms with E-state index >= 15 is 0 Å². The van der Waals surface area contributed by atoms with Crippen LogP contribution < -0.4 is 20.9 Å². The van der Waals surface area contributed by atoms with E-state index in [2.05, 4.69) is 0 Å². The number of hydrogen-bond acceptors (Lipinski definition) is 4. The van der Waals surface area contributed by atoms with Gasteiger partial charge in [0, 0.05) is 23.5 Å². The number of halogens is 6. The minimum atomic E-state index is -4.59. The lowest BCUT2D eigenvalue weighted by Crippen LogP contribution is -2.06. The van der Waals surface area contributed by atoms with E-state index < -0.39 is 23.5 Å². The molecule has 0 aromatic heterocycles. The van der Waals surface area contributed by atoms with Crippen molar-refractivity contribution < 1.29 is 35.8 Å². The summed E-state index contributed by atoms with van der Waals surface area (Å²) in [5.41, 5.74) is 9.02. The molecule has 0 saturated carbocycles. The number of alkyl halides is 6. The van der Waals surface area contributed by atoms with Crippen molar-refractivity contribution in [2.24, 2.45) is 0 Å². The predicted molar refractivity (Wildman–Crippen MR) is 116 cm³/mol. The summed E-state index contributed by atoms with van der Waals surface area (Å²) in [5, 5.41) is 1.32. The third-order valence-electron chi connectivity index (χ3n) is 4.77. The number of ether oxygens (including phenoxy) is 2. The normalized spacial score (nSPS) is 12.1. The Balaban J connectivity index is 1.62. The highest BCUT2D eigenvalue weighted by Crippen LogP contribution is 2.37. The summed E-state index contributed by atoms with van der Waals surface area (Å²) < 4.78 is 89.4. The predicted octanol–water partition coefficient (Wildman–Crippen LogP) is 7.63. The van der Waals surface area contributed by atoms with E-state index in [1.807, 2.05) is 0 Å². The molecule has 4 aromatic rings. The Morgan fingerprint density at radius 3 is 1.26 bits per heavy atom. The zero-order valence-corrected chi connectivity index (χ0v) is 17.2. The van der Waals surface area contributed by atoms with Crippen molar-refractivity contribution in [3.8, 4) is 23.0 Å².